The van der Waals surface area contributed by atoms with Crippen molar-refractivity contribution in [1.82, 2.24) is 34.3 Å². The highest BCUT2D eigenvalue weighted by atomic mass is 32.2. The van der Waals surface area contributed by atoms with E-state index in [0.717, 1.165) is 93.0 Å². The minimum Gasteiger partial charge on any atom is -0.432 e. The van der Waals surface area contributed by atoms with Crippen LogP contribution < -0.4 is 20.3 Å². The first-order valence-corrected chi connectivity index (χ1v) is 16.9. The summed E-state index contributed by atoms with van der Waals surface area (Å²) in [5.74, 6) is 0.750. The van der Waals surface area contributed by atoms with E-state index in [1.807, 2.05) is 31.0 Å². The molecule has 1 aromatic carbocycles. The van der Waals surface area contributed by atoms with Gasteiger partial charge in [0.05, 0.1) is 17.9 Å². The molecular formula is C31H38F2N10O3S. The number of carbonyl (C=O) groups is 2. The molecule has 0 saturated carbocycles. The molecule has 0 aliphatic carbocycles. The average molecular weight is 669 g/mol. The van der Waals surface area contributed by atoms with Crippen LogP contribution >= 0.6 is 11.9 Å². The number of benzene rings is 1. The first kappa shape index (κ1) is 32.9. The van der Waals surface area contributed by atoms with Gasteiger partial charge in [0.1, 0.15) is 12.1 Å². The van der Waals surface area contributed by atoms with E-state index < -0.39 is 12.7 Å². The highest BCUT2D eigenvalue weighted by molar-refractivity contribution is 7.97. The number of fused-ring (bicyclic) bond motifs is 1. The predicted molar refractivity (Wildman–Crippen MR) is 173 cm³/mol. The lowest BCUT2D eigenvalue weighted by Gasteiger charge is -2.37. The molecule has 3 aromatic rings. The zero-order valence-corrected chi connectivity index (χ0v) is 27.0. The maximum atomic E-state index is 12.5. The second-order valence-corrected chi connectivity index (χ2v) is 13.2. The van der Waals surface area contributed by atoms with Crippen molar-refractivity contribution in [3.8, 4) is 11.8 Å². The van der Waals surface area contributed by atoms with Crippen LogP contribution in [-0.2, 0) is 9.59 Å². The Balaban J connectivity index is 0.930. The summed E-state index contributed by atoms with van der Waals surface area (Å²) >= 11 is 1.89. The molecule has 3 saturated heterocycles. The van der Waals surface area contributed by atoms with Crippen LogP contribution in [0.25, 0.3) is 10.9 Å². The van der Waals surface area contributed by atoms with Crippen molar-refractivity contribution >= 4 is 46.3 Å². The average Bonchev–Trinajstić information content (AvgIpc) is 3.41. The van der Waals surface area contributed by atoms with E-state index in [2.05, 4.69) is 50.6 Å². The summed E-state index contributed by atoms with van der Waals surface area (Å²) in [5, 5.41) is 20.7. The van der Waals surface area contributed by atoms with E-state index in [-0.39, 0.29) is 35.7 Å². The molecule has 2 amide bonds. The summed E-state index contributed by atoms with van der Waals surface area (Å²) in [7, 11) is 0. The summed E-state index contributed by atoms with van der Waals surface area (Å²) in [4.78, 5) is 37.2. The number of imide groups is 1. The third-order valence-corrected chi connectivity index (χ3v) is 10.1. The van der Waals surface area contributed by atoms with Gasteiger partial charge in [0.15, 0.2) is 11.4 Å². The van der Waals surface area contributed by atoms with Gasteiger partial charge in [0.2, 0.25) is 11.9 Å². The predicted octanol–water partition coefficient (Wildman–Crippen LogP) is 3.32. The van der Waals surface area contributed by atoms with E-state index in [0.29, 0.717) is 12.4 Å². The fourth-order valence-electron chi connectivity index (χ4n) is 6.41. The van der Waals surface area contributed by atoms with Crippen LogP contribution in [0.1, 0.15) is 49.4 Å². The second-order valence-electron chi connectivity index (χ2n) is 12.0. The maximum Gasteiger partial charge on any atom is 0.387 e. The topological polar surface area (TPSA) is 145 Å². The van der Waals surface area contributed by atoms with Gasteiger partial charge in [-0.1, -0.05) is 11.9 Å². The minimum absolute atomic E-state index is 0.0556. The number of hydrogen-bond donors (Lipinski definition) is 2. The number of piperidine rings is 2. The molecule has 2 N–H and O–H groups in total. The van der Waals surface area contributed by atoms with Crippen LogP contribution in [0.2, 0.25) is 0 Å². The largest absolute Gasteiger partial charge is 0.432 e. The van der Waals surface area contributed by atoms with E-state index in [1.165, 1.54) is 12.4 Å². The molecule has 1 atom stereocenters. The molecule has 0 bridgehead atoms. The van der Waals surface area contributed by atoms with E-state index in [1.54, 1.807) is 4.68 Å². The number of nitrogens with one attached hydrogen (secondary N) is 2. The number of aromatic nitrogens is 4. The number of nitriles is 1. The quantitative estimate of drug-likeness (QED) is 0.176. The maximum absolute atomic E-state index is 12.5. The van der Waals surface area contributed by atoms with Gasteiger partial charge in [0.25, 0.3) is 5.91 Å². The van der Waals surface area contributed by atoms with Gasteiger partial charge in [-0.25, -0.2) is 9.97 Å². The number of alkyl halides is 2. The first-order valence-electron chi connectivity index (χ1n) is 15.9. The number of piperazine rings is 1. The summed E-state index contributed by atoms with van der Waals surface area (Å²) < 4.78 is 32.9. The van der Waals surface area contributed by atoms with Crippen LogP contribution in [0.3, 0.4) is 0 Å². The number of nitrogens with zero attached hydrogens (tertiary/aromatic N) is 8. The minimum atomic E-state index is -2.89. The van der Waals surface area contributed by atoms with Gasteiger partial charge in [-0.15, -0.1) is 0 Å². The Morgan fingerprint density at radius 2 is 1.85 bits per heavy atom. The number of carbonyl (C=O) groups excluding carboxylic acids is 2. The van der Waals surface area contributed by atoms with Gasteiger partial charge in [-0.05, 0) is 56.8 Å². The van der Waals surface area contributed by atoms with Crippen molar-refractivity contribution in [3.05, 3.63) is 35.8 Å². The second kappa shape index (κ2) is 14.8. The highest BCUT2D eigenvalue weighted by Crippen LogP contribution is 2.32. The number of rotatable bonds is 11. The van der Waals surface area contributed by atoms with Crippen LogP contribution in [-0.4, -0.2) is 105 Å². The van der Waals surface area contributed by atoms with Gasteiger partial charge < -0.3 is 15.0 Å². The molecule has 250 valence electrons. The first-order chi connectivity index (χ1) is 22.8. The lowest BCUT2D eigenvalue weighted by molar-refractivity contribution is -0.135. The molecule has 0 spiro atoms. The summed E-state index contributed by atoms with van der Waals surface area (Å²) in [6.07, 6.45) is 6.11. The SMILES string of the molecule is Cc1cc2c(cc1N1CCN(CCCSN3CCC(Nc4ncc(OC(F)F)cn4)CC3)CC1)c(C#N)nn2C1CCC(=O)NC1=O. The summed E-state index contributed by atoms with van der Waals surface area (Å²) in [6.45, 7) is 5.78. The molecule has 3 aliphatic heterocycles. The van der Waals surface area contributed by atoms with Crippen molar-refractivity contribution in [2.75, 3.05) is 61.8 Å². The van der Waals surface area contributed by atoms with Gasteiger partial charge >= 0.3 is 6.61 Å². The highest BCUT2D eigenvalue weighted by Gasteiger charge is 2.31. The zero-order chi connectivity index (χ0) is 32.9. The number of ether oxygens (including phenoxy) is 1. The Morgan fingerprint density at radius 3 is 2.53 bits per heavy atom. The third kappa shape index (κ3) is 7.91. The molecule has 1 unspecified atom stereocenters. The Hall–Kier alpha value is -4.07. The molecule has 13 nitrogen and oxygen atoms in total. The summed E-state index contributed by atoms with van der Waals surface area (Å²) in [6, 6.07) is 5.84. The van der Waals surface area contributed by atoms with Gasteiger partial charge in [0, 0.05) is 68.6 Å². The molecule has 3 aliphatic rings. The Labute approximate surface area is 275 Å². The summed E-state index contributed by atoms with van der Waals surface area (Å²) in [5.41, 5.74) is 3.16. The number of halogens is 2. The van der Waals surface area contributed by atoms with E-state index in [9.17, 15) is 23.6 Å². The Kier molecular flexibility index (Phi) is 10.3. The lowest BCUT2D eigenvalue weighted by atomic mass is 10.0. The number of aryl methyl sites for hydroxylation is 1. The van der Waals surface area contributed by atoms with Gasteiger partial charge in [-0.3, -0.25) is 28.8 Å². The van der Waals surface area contributed by atoms with Crippen LogP contribution in [0, 0.1) is 18.3 Å². The standard InChI is InChI=1S/C31H38F2N10O3S/c1-20-15-27-23(24(17-34)39-43(27)25-3-4-28(44)38-29(25)45)16-26(20)41-12-10-40(11-13-41)7-2-14-47-42-8-5-21(6-9-42)37-31-35-18-22(19-36-31)46-30(32)33/h15-16,18-19,21,25,30H,2-14H2,1H3,(H,35,36,37)(H,38,44,45). The Morgan fingerprint density at radius 1 is 1.11 bits per heavy atom. The molecule has 2 aromatic heterocycles. The van der Waals surface area contributed by atoms with E-state index >= 15 is 0 Å². The molecule has 5 heterocycles. The van der Waals surface area contributed by atoms with Crippen molar-refractivity contribution < 1.29 is 23.1 Å². The normalized spacial score (nSPS) is 20.1. The number of anilines is 2. The smallest absolute Gasteiger partial charge is 0.387 e. The molecule has 16 heteroatoms. The fourth-order valence-corrected chi connectivity index (χ4v) is 7.40. The molecular weight excluding hydrogens is 630 g/mol. The monoisotopic (exact) mass is 668 g/mol. The molecule has 6 rings (SSSR count). The van der Waals surface area contributed by atoms with Crippen molar-refractivity contribution in [1.29, 1.82) is 5.26 Å². The van der Waals surface area contributed by atoms with E-state index in [4.69, 9.17) is 0 Å². The van der Waals surface area contributed by atoms with Crippen LogP contribution in [0.15, 0.2) is 24.5 Å². The fraction of sp³-hybridized carbons (Fsp3) is 0.548. The number of amides is 2. The third-order valence-electron chi connectivity index (χ3n) is 8.88. The van der Waals surface area contributed by atoms with Crippen LogP contribution in [0.4, 0.5) is 20.4 Å². The van der Waals surface area contributed by atoms with Crippen molar-refractivity contribution in [3.63, 3.8) is 0 Å². The Bertz CT molecular complexity index is 1620. The molecule has 47 heavy (non-hydrogen) atoms. The van der Waals surface area contributed by atoms with Crippen molar-refractivity contribution in [2.24, 2.45) is 0 Å². The number of hydrogen-bond acceptors (Lipinski definition) is 12. The molecule has 3 fully saturated rings. The van der Waals surface area contributed by atoms with Crippen LogP contribution in [0.5, 0.6) is 5.75 Å². The lowest BCUT2D eigenvalue weighted by Crippen LogP contribution is -2.47. The van der Waals surface area contributed by atoms with Crippen molar-refractivity contribution in [2.45, 2.75) is 57.7 Å². The van der Waals surface area contributed by atoms with Gasteiger partial charge in [-0.2, -0.15) is 19.1 Å². The zero-order valence-electron chi connectivity index (χ0n) is 26.2. The molecule has 0 radical (unpaired) electrons.